The Balaban J connectivity index is 2.28. The second kappa shape index (κ2) is 5.37. The first kappa shape index (κ1) is 13.5. The zero-order valence-corrected chi connectivity index (χ0v) is 11.0. The van der Waals surface area contributed by atoms with Gasteiger partial charge in [0.1, 0.15) is 11.9 Å². The highest BCUT2D eigenvalue weighted by Gasteiger charge is 2.37. The molecule has 0 N–H and O–H groups in total. The number of hydrogen-bond donors (Lipinski definition) is 0. The second-order valence-corrected chi connectivity index (χ2v) is 4.82. The van der Waals surface area contributed by atoms with Crippen molar-refractivity contribution in [3.63, 3.8) is 0 Å². The third kappa shape index (κ3) is 2.59. The van der Waals surface area contributed by atoms with E-state index in [2.05, 4.69) is 6.07 Å². The Bertz CT molecular complexity index is 508. The number of nitrogens with zero attached hydrogens (tertiary/aromatic N) is 3. The topological polar surface area (TPSA) is 47.3 Å². The molecule has 1 saturated heterocycles. The number of anilines is 1. The number of carbonyl (C=O) groups excluding carboxylic acids is 1. The van der Waals surface area contributed by atoms with Crippen molar-refractivity contribution in [3.05, 3.63) is 30.1 Å². The van der Waals surface area contributed by atoms with Gasteiger partial charge in [-0.3, -0.25) is 9.69 Å². The van der Waals surface area contributed by atoms with Crippen LogP contribution in [-0.2, 0) is 4.79 Å². The van der Waals surface area contributed by atoms with Crippen LogP contribution in [0.1, 0.15) is 13.3 Å². The monoisotopic (exact) mass is 261 g/mol. The molecule has 0 aliphatic carbocycles. The van der Waals surface area contributed by atoms with Gasteiger partial charge in [0, 0.05) is 18.3 Å². The number of nitriles is 1. The van der Waals surface area contributed by atoms with Crippen molar-refractivity contribution in [2.24, 2.45) is 0 Å². The summed E-state index contributed by atoms with van der Waals surface area (Å²) in [5.41, 5.74) is 0.675. The van der Waals surface area contributed by atoms with Gasteiger partial charge in [0.2, 0.25) is 5.91 Å². The molecule has 0 bridgehead atoms. The molecule has 2 atom stereocenters. The Morgan fingerprint density at radius 3 is 2.63 bits per heavy atom. The van der Waals surface area contributed by atoms with Crippen LogP contribution in [0.3, 0.4) is 0 Å². The van der Waals surface area contributed by atoms with Crippen molar-refractivity contribution in [2.75, 3.05) is 18.5 Å². The van der Waals surface area contributed by atoms with Crippen molar-refractivity contribution in [1.29, 1.82) is 5.26 Å². The van der Waals surface area contributed by atoms with E-state index in [0.29, 0.717) is 12.2 Å². The van der Waals surface area contributed by atoms with E-state index in [1.54, 1.807) is 17.0 Å². The van der Waals surface area contributed by atoms with Gasteiger partial charge in [-0.05, 0) is 38.2 Å². The second-order valence-electron chi connectivity index (χ2n) is 4.82. The molecular formula is C14H16FN3O. The van der Waals surface area contributed by atoms with E-state index >= 15 is 0 Å². The number of rotatable bonds is 2. The maximum atomic E-state index is 12.9. The first-order chi connectivity index (χ1) is 9.04. The average Bonchev–Trinajstić information content (AvgIpc) is 2.40. The third-order valence-corrected chi connectivity index (χ3v) is 3.61. The molecule has 2 unspecified atom stereocenters. The number of amides is 1. The van der Waals surface area contributed by atoms with E-state index in [4.69, 9.17) is 5.26 Å². The highest BCUT2D eigenvalue weighted by Crippen LogP contribution is 2.24. The van der Waals surface area contributed by atoms with Gasteiger partial charge >= 0.3 is 0 Å². The number of piperazine rings is 1. The first-order valence-corrected chi connectivity index (χ1v) is 6.20. The Kier molecular flexibility index (Phi) is 3.82. The molecule has 1 fully saturated rings. The fraction of sp³-hybridized carbons (Fsp3) is 0.429. The Hall–Kier alpha value is -1.93. The molecule has 1 aromatic carbocycles. The van der Waals surface area contributed by atoms with Crippen LogP contribution in [-0.4, -0.2) is 36.5 Å². The smallest absolute Gasteiger partial charge is 0.245 e. The van der Waals surface area contributed by atoms with Gasteiger partial charge in [-0.2, -0.15) is 5.26 Å². The van der Waals surface area contributed by atoms with E-state index in [9.17, 15) is 9.18 Å². The highest BCUT2D eigenvalue weighted by molar-refractivity contribution is 5.98. The van der Waals surface area contributed by atoms with Crippen LogP contribution < -0.4 is 4.90 Å². The summed E-state index contributed by atoms with van der Waals surface area (Å²) in [5, 5.41) is 8.84. The summed E-state index contributed by atoms with van der Waals surface area (Å²) in [6.07, 6.45) is 0.164. The molecule has 0 saturated carbocycles. The number of benzene rings is 1. The summed E-state index contributed by atoms with van der Waals surface area (Å²) < 4.78 is 12.9. The van der Waals surface area contributed by atoms with Crippen LogP contribution in [0.5, 0.6) is 0 Å². The molecule has 0 spiro atoms. The Labute approximate surface area is 112 Å². The maximum absolute atomic E-state index is 12.9. The van der Waals surface area contributed by atoms with Crippen LogP contribution in [0.2, 0.25) is 0 Å². The fourth-order valence-electron chi connectivity index (χ4n) is 2.32. The van der Waals surface area contributed by atoms with Gasteiger partial charge < -0.3 is 4.90 Å². The molecule has 1 amide bonds. The van der Waals surface area contributed by atoms with E-state index < -0.39 is 6.04 Å². The van der Waals surface area contributed by atoms with Gasteiger partial charge in [-0.15, -0.1) is 0 Å². The quantitative estimate of drug-likeness (QED) is 0.815. The SMILES string of the molecule is CC1CN(c2ccc(F)cc2)C(=O)C(CC#N)N1C. The summed E-state index contributed by atoms with van der Waals surface area (Å²) >= 11 is 0. The maximum Gasteiger partial charge on any atom is 0.245 e. The molecule has 2 rings (SSSR count). The van der Waals surface area contributed by atoms with Gasteiger partial charge in [0.05, 0.1) is 12.5 Å². The number of likely N-dealkylation sites (N-methyl/N-ethyl adjacent to an activating group) is 1. The molecule has 100 valence electrons. The zero-order valence-electron chi connectivity index (χ0n) is 11.0. The van der Waals surface area contributed by atoms with Gasteiger partial charge in [-0.25, -0.2) is 4.39 Å². The lowest BCUT2D eigenvalue weighted by atomic mass is 10.0. The minimum absolute atomic E-state index is 0.103. The van der Waals surface area contributed by atoms with E-state index in [0.717, 1.165) is 0 Å². The Morgan fingerprint density at radius 1 is 1.42 bits per heavy atom. The minimum Gasteiger partial charge on any atom is -0.309 e. The van der Waals surface area contributed by atoms with E-state index in [-0.39, 0.29) is 24.2 Å². The molecule has 0 radical (unpaired) electrons. The van der Waals surface area contributed by atoms with Crippen molar-refractivity contribution >= 4 is 11.6 Å². The lowest BCUT2D eigenvalue weighted by molar-refractivity contribution is -0.126. The molecule has 1 aliphatic rings. The standard InChI is InChI=1S/C14H16FN3O/c1-10-9-18(12-5-3-11(15)4-6-12)14(19)13(7-8-16)17(10)2/h3-6,10,13H,7,9H2,1-2H3. The summed E-state index contributed by atoms with van der Waals surface area (Å²) in [4.78, 5) is 15.9. The van der Waals surface area contributed by atoms with Crippen LogP contribution in [0.15, 0.2) is 24.3 Å². The molecule has 5 heteroatoms. The summed E-state index contributed by atoms with van der Waals surface area (Å²) in [6.45, 7) is 2.55. The Morgan fingerprint density at radius 2 is 2.05 bits per heavy atom. The van der Waals surface area contributed by atoms with Crippen LogP contribution in [0.25, 0.3) is 0 Å². The molecule has 1 heterocycles. The molecule has 19 heavy (non-hydrogen) atoms. The lowest BCUT2D eigenvalue weighted by Crippen LogP contribution is -2.59. The van der Waals surface area contributed by atoms with Crippen LogP contribution in [0, 0.1) is 17.1 Å². The van der Waals surface area contributed by atoms with Crippen molar-refractivity contribution in [3.8, 4) is 6.07 Å². The van der Waals surface area contributed by atoms with Crippen molar-refractivity contribution in [1.82, 2.24) is 4.90 Å². The molecule has 0 aromatic heterocycles. The molecule has 4 nitrogen and oxygen atoms in total. The van der Waals surface area contributed by atoms with E-state index in [1.807, 2.05) is 18.9 Å². The summed E-state index contributed by atoms with van der Waals surface area (Å²) in [5.74, 6) is -0.430. The average molecular weight is 261 g/mol. The van der Waals surface area contributed by atoms with Crippen molar-refractivity contribution < 1.29 is 9.18 Å². The zero-order chi connectivity index (χ0) is 14.0. The third-order valence-electron chi connectivity index (χ3n) is 3.61. The van der Waals surface area contributed by atoms with Crippen molar-refractivity contribution in [2.45, 2.75) is 25.4 Å². The highest BCUT2D eigenvalue weighted by atomic mass is 19.1. The first-order valence-electron chi connectivity index (χ1n) is 6.20. The molecular weight excluding hydrogens is 245 g/mol. The molecule has 1 aromatic rings. The predicted octanol–water partition coefficient (Wildman–Crippen LogP) is 1.77. The summed E-state index contributed by atoms with van der Waals surface area (Å²) in [6, 6.07) is 7.63. The van der Waals surface area contributed by atoms with Gasteiger partial charge in [0.25, 0.3) is 0 Å². The number of hydrogen-bond acceptors (Lipinski definition) is 3. The van der Waals surface area contributed by atoms with Crippen LogP contribution in [0.4, 0.5) is 10.1 Å². The number of halogens is 1. The minimum atomic E-state index is -0.432. The molecule has 1 aliphatic heterocycles. The fourth-order valence-corrected chi connectivity index (χ4v) is 2.32. The van der Waals surface area contributed by atoms with Crippen LogP contribution >= 0.6 is 0 Å². The summed E-state index contributed by atoms with van der Waals surface area (Å²) in [7, 11) is 1.85. The van der Waals surface area contributed by atoms with E-state index in [1.165, 1.54) is 12.1 Å². The normalized spacial score (nSPS) is 24.3. The lowest BCUT2D eigenvalue weighted by Gasteiger charge is -2.42. The number of carbonyl (C=O) groups is 1. The van der Waals surface area contributed by atoms with Gasteiger partial charge in [-0.1, -0.05) is 0 Å². The largest absolute Gasteiger partial charge is 0.309 e. The predicted molar refractivity (Wildman–Crippen MR) is 70.0 cm³/mol. The van der Waals surface area contributed by atoms with Gasteiger partial charge in [0.15, 0.2) is 0 Å².